The summed E-state index contributed by atoms with van der Waals surface area (Å²) in [4.78, 5) is 14.4. The van der Waals surface area contributed by atoms with Crippen molar-refractivity contribution < 1.29 is 4.79 Å². The minimum atomic E-state index is 0. The Morgan fingerprint density at radius 1 is 1.36 bits per heavy atom. The monoisotopic (exact) mass is 320 g/mol. The topological polar surface area (TPSA) is 64.2 Å². The zero-order valence-electron chi connectivity index (χ0n) is 12.6. The second-order valence-corrected chi connectivity index (χ2v) is 5.99. The third kappa shape index (κ3) is 3.15. The molecular weight excluding hydrogens is 300 g/mol. The normalized spacial score (nSPS) is 20.7. The molecule has 0 aliphatic carbocycles. The quantitative estimate of drug-likeness (QED) is 0.942. The van der Waals surface area contributed by atoms with Gasteiger partial charge in [0.25, 0.3) is 5.91 Å². The van der Waals surface area contributed by atoms with E-state index in [0.29, 0.717) is 12.1 Å². The van der Waals surface area contributed by atoms with Crippen molar-refractivity contribution in [1.82, 2.24) is 14.7 Å². The van der Waals surface area contributed by atoms with Crippen LogP contribution in [0.25, 0.3) is 5.69 Å². The van der Waals surface area contributed by atoms with Crippen molar-refractivity contribution in [3.05, 3.63) is 48.3 Å². The summed E-state index contributed by atoms with van der Waals surface area (Å²) in [5.41, 5.74) is 7.52. The molecule has 0 radical (unpaired) electrons. The summed E-state index contributed by atoms with van der Waals surface area (Å²) >= 11 is 0. The Kier molecular flexibility index (Phi) is 4.88. The molecule has 2 N–H and O–H groups in total. The Hall–Kier alpha value is -1.85. The van der Waals surface area contributed by atoms with Gasteiger partial charge in [-0.2, -0.15) is 5.10 Å². The van der Waals surface area contributed by atoms with Gasteiger partial charge in [0.05, 0.1) is 5.69 Å². The van der Waals surface area contributed by atoms with Gasteiger partial charge in [-0.05, 0) is 48.7 Å². The van der Waals surface area contributed by atoms with E-state index in [1.54, 1.807) is 10.9 Å². The lowest BCUT2D eigenvalue weighted by Gasteiger charge is -2.22. The van der Waals surface area contributed by atoms with Gasteiger partial charge in [-0.25, -0.2) is 4.68 Å². The van der Waals surface area contributed by atoms with E-state index < -0.39 is 0 Å². The fourth-order valence-corrected chi connectivity index (χ4v) is 2.72. The minimum absolute atomic E-state index is 0. The summed E-state index contributed by atoms with van der Waals surface area (Å²) in [7, 11) is 0. The fraction of sp³-hybridized carbons (Fsp3) is 0.375. The molecule has 6 heteroatoms. The van der Waals surface area contributed by atoms with E-state index >= 15 is 0 Å². The van der Waals surface area contributed by atoms with E-state index in [1.165, 1.54) is 0 Å². The highest BCUT2D eigenvalue weighted by atomic mass is 35.5. The molecule has 1 amide bonds. The summed E-state index contributed by atoms with van der Waals surface area (Å²) < 4.78 is 1.77. The van der Waals surface area contributed by atoms with E-state index in [2.05, 4.69) is 12.0 Å². The maximum Gasteiger partial charge on any atom is 0.253 e. The van der Waals surface area contributed by atoms with Crippen molar-refractivity contribution in [1.29, 1.82) is 0 Å². The standard InChI is InChI=1S/C16H20N4O.ClH/c1-16(11-17)7-10-19(12-16)15(21)13-3-5-14(6-4-13)20-9-2-8-18-20;/h2-6,8-9H,7,10-12,17H2,1H3;1H. The van der Waals surface area contributed by atoms with Crippen LogP contribution in [0.5, 0.6) is 0 Å². The number of nitrogens with two attached hydrogens (primary N) is 1. The van der Waals surface area contributed by atoms with Crippen LogP contribution in [0.15, 0.2) is 42.7 Å². The lowest BCUT2D eigenvalue weighted by molar-refractivity contribution is 0.0777. The largest absolute Gasteiger partial charge is 0.338 e. The van der Waals surface area contributed by atoms with Gasteiger partial charge in [0.1, 0.15) is 0 Å². The molecule has 2 aromatic rings. The van der Waals surface area contributed by atoms with Crippen LogP contribution in [0, 0.1) is 5.41 Å². The number of nitrogens with zero attached hydrogens (tertiary/aromatic N) is 3. The molecule has 1 aromatic heterocycles. The van der Waals surface area contributed by atoms with Crippen molar-refractivity contribution in [3.8, 4) is 5.69 Å². The first-order chi connectivity index (χ1) is 10.1. The van der Waals surface area contributed by atoms with Gasteiger partial charge in [-0.3, -0.25) is 4.79 Å². The summed E-state index contributed by atoms with van der Waals surface area (Å²) in [6.45, 7) is 4.28. The maximum atomic E-state index is 12.5. The molecule has 0 bridgehead atoms. The summed E-state index contributed by atoms with van der Waals surface area (Å²) in [5, 5.41) is 4.18. The summed E-state index contributed by atoms with van der Waals surface area (Å²) in [5.74, 6) is 0.0826. The number of rotatable bonds is 3. The third-order valence-corrected chi connectivity index (χ3v) is 4.22. The maximum absolute atomic E-state index is 12.5. The highest BCUT2D eigenvalue weighted by Crippen LogP contribution is 2.29. The zero-order valence-corrected chi connectivity index (χ0v) is 13.4. The van der Waals surface area contributed by atoms with Crippen LogP contribution in [0.3, 0.4) is 0 Å². The van der Waals surface area contributed by atoms with Gasteiger partial charge in [0.2, 0.25) is 0 Å². The SMILES string of the molecule is CC1(CN)CCN(C(=O)c2ccc(-n3cccn3)cc2)C1.Cl. The van der Waals surface area contributed by atoms with Crippen molar-refractivity contribution >= 4 is 18.3 Å². The van der Waals surface area contributed by atoms with Crippen LogP contribution < -0.4 is 5.73 Å². The van der Waals surface area contributed by atoms with Gasteiger partial charge < -0.3 is 10.6 Å². The molecule has 22 heavy (non-hydrogen) atoms. The van der Waals surface area contributed by atoms with Crippen LogP contribution >= 0.6 is 12.4 Å². The van der Waals surface area contributed by atoms with Gasteiger partial charge in [-0.1, -0.05) is 6.92 Å². The predicted molar refractivity (Wildman–Crippen MR) is 88.5 cm³/mol. The third-order valence-electron chi connectivity index (χ3n) is 4.22. The number of amides is 1. The van der Waals surface area contributed by atoms with E-state index in [-0.39, 0.29) is 23.7 Å². The van der Waals surface area contributed by atoms with Gasteiger partial charge >= 0.3 is 0 Å². The lowest BCUT2D eigenvalue weighted by Crippen LogP contribution is -2.34. The van der Waals surface area contributed by atoms with E-state index in [0.717, 1.165) is 25.2 Å². The number of halogens is 1. The van der Waals surface area contributed by atoms with Crippen LogP contribution in [0.2, 0.25) is 0 Å². The lowest BCUT2D eigenvalue weighted by atomic mass is 9.90. The first-order valence-corrected chi connectivity index (χ1v) is 7.21. The average molecular weight is 321 g/mol. The Bertz CT molecular complexity index is 626. The number of aromatic nitrogens is 2. The molecular formula is C16H21ClN4O. The Labute approximate surface area is 136 Å². The first kappa shape index (κ1) is 16.5. The van der Waals surface area contributed by atoms with Crippen LogP contribution in [-0.2, 0) is 0 Å². The second-order valence-electron chi connectivity index (χ2n) is 5.99. The molecule has 1 fully saturated rings. The summed E-state index contributed by atoms with van der Waals surface area (Å²) in [6, 6.07) is 9.42. The van der Waals surface area contributed by atoms with E-state index in [4.69, 9.17) is 5.73 Å². The number of carbonyl (C=O) groups is 1. The molecule has 1 saturated heterocycles. The van der Waals surface area contributed by atoms with Crippen LogP contribution in [0.1, 0.15) is 23.7 Å². The fourth-order valence-electron chi connectivity index (χ4n) is 2.72. The van der Waals surface area contributed by atoms with Crippen LogP contribution in [-0.4, -0.2) is 40.2 Å². The second kappa shape index (κ2) is 6.50. The smallest absolute Gasteiger partial charge is 0.253 e. The molecule has 3 rings (SSSR count). The molecule has 1 aliphatic rings. The van der Waals surface area contributed by atoms with Crippen LogP contribution in [0.4, 0.5) is 0 Å². The molecule has 1 atom stereocenters. The Balaban J connectivity index is 0.00000176. The van der Waals surface area contributed by atoms with E-state index in [9.17, 15) is 4.79 Å². The Morgan fingerprint density at radius 3 is 2.64 bits per heavy atom. The zero-order chi connectivity index (χ0) is 14.9. The molecule has 2 heterocycles. The number of likely N-dealkylation sites (tertiary alicyclic amines) is 1. The highest BCUT2D eigenvalue weighted by molar-refractivity contribution is 5.94. The molecule has 1 aromatic carbocycles. The molecule has 0 saturated carbocycles. The summed E-state index contributed by atoms with van der Waals surface area (Å²) in [6.07, 6.45) is 4.58. The highest BCUT2D eigenvalue weighted by Gasteiger charge is 2.35. The van der Waals surface area contributed by atoms with Crippen molar-refractivity contribution in [2.75, 3.05) is 19.6 Å². The number of hydrogen-bond donors (Lipinski definition) is 1. The number of benzene rings is 1. The molecule has 0 spiro atoms. The first-order valence-electron chi connectivity index (χ1n) is 7.21. The molecule has 118 valence electrons. The number of carbonyl (C=O) groups excluding carboxylic acids is 1. The number of hydrogen-bond acceptors (Lipinski definition) is 3. The molecule has 5 nitrogen and oxygen atoms in total. The van der Waals surface area contributed by atoms with E-state index in [1.807, 2.05) is 41.4 Å². The van der Waals surface area contributed by atoms with Gasteiger partial charge in [0.15, 0.2) is 0 Å². The van der Waals surface area contributed by atoms with Crippen molar-refractivity contribution in [3.63, 3.8) is 0 Å². The minimum Gasteiger partial charge on any atom is -0.338 e. The molecule has 1 unspecified atom stereocenters. The average Bonchev–Trinajstić information content (AvgIpc) is 3.17. The predicted octanol–water partition coefficient (Wildman–Crippen LogP) is 2.11. The van der Waals surface area contributed by atoms with Crippen molar-refractivity contribution in [2.45, 2.75) is 13.3 Å². The molecule has 1 aliphatic heterocycles. The van der Waals surface area contributed by atoms with Gasteiger partial charge in [0, 0.05) is 31.0 Å². The van der Waals surface area contributed by atoms with Crippen molar-refractivity contribution in [2.24, 2.45) is 11.1 Å². The van der Waals surface area contributed by atoms with Gasteiger partial charge in [-0.15, -0.1) is 12.4 Å². The Morgan fingerprint density at radius 2 is 2.09 bits per heavy atom.